The van der Waals surface area contributed by atoms with Gasteiger partial charge in [-0.1, -0.05) is 6.07 Å². The van der Waals surface area contributed by atoms with E-state index in [1.807, 2.05) is 43.5 Å². The number of carbonyl (C=O) groups excluding carboxylic acids is 1. The van der Waals surface area contributed by atoms with E-state index in [0.29, 0.717) is 23.8 Å². The zero-order valence-corrected chi connectivity index (χ0v) is 17.9. The molecular formula is C24H22N6O2. The van der Waals surface area contributed by atoms with E-state index in [9.17, 15) is 4.79 Å². The van der Waals surface area contributed by atoms with E-state index in [4.69, 9.17) is 9.72 Å². The molecule has 1 N–H and O–H groups in total. The van der Waals surface area contributed by atoms with Gasteiger partial charge in [-0.3, -0.25) is 9.78 Å². The average Bonchev–Trinajstić information content (AvgIpc) is 3.23. The van der Waals surface area contributed by atoms with Crippen molar-refractivity contribution in [2.24, 2.45) is 0 Å². The minimum absolute atomic E-state index is 0.213. The second kappa shape index (κ2) is 8.22. The minimum atomic E-state index is -0.213. The van der Waals surface area contributed by atoms with Crippen molar-refractivity contribution >= 4 is 5.91 Å². The number of ether oxygens (including phenoxy) is 1. The molecular weight excluding hydrogens is 404 g/mol. The highest BCUT2D eigenvalue weighted by atomic mass is 16.5. The van der Waals surface area contributed by atoms with Crippen molar-refractivity contribution in [2.75, 3.05) is 7.11 Å². The zero-order chi connectivity index (χ0) is 22.1. The lowest BCUT2D eigenvalue weighted by atomic mass is 9.90. The van der Waals surface area contributed by atoms with E-state index in [0.717, 1.165) is 41.1 Å². The van der Waals surface area contributed by atoms with Crippen LogP contribution < -0.4 is 10.1 Å². The van der Waals surface area contributed by atoms with Crippen LogP contribution in [0.1, 0.15) is 32.9 Å². The van der Waals surface area contributed by atoms with Gasteiger partial charge in [0, 0.05) is 18.0 Å². The van der Waals surface area contributed by atoms with Crippen molar-refractivity contribution in [1.82, 2.24) is 30.0 Å². The molecule has 8 heteroatoms. The summed E-state index contributed by atoms with van der Waals surface area (Å²) in [5, 5.41) is 7.28. The van der Waals surface area contributed by atoms with Gasteiger partial charge in [0.05, 0.1) is 42.5 Å². The average molecular weight is 426 g/mol. The summed E-state index contributed by atoms with van der Waals surface area (Å²) in [6, 6.07) is 11.6. The fourth-order valence-corrected chi connectivity index (χ4v) is 3.92. The monoisotopic (exact) mass is 426 g/mol. The van der Waals surface area contributed by atoms with E-state index >= 15 is 0 Å². The summed E-state index contributed by atoms with van der Waals surface area (Å²) >= 11 is 0. The van der Waals surface area contributed by atoms with Crippen LogP contribution in [0.25, 0.3) is 17.2 Å². The number of fused-ring (bicyclic) bond motifs is 3. The number of rotatable bonds is 5. The van der Waals surface area contributed by atoms with Gasteiger partial charge in [0.15, 0.2) is 0 Å². The van der Waals surface area contributed by atoms with Gasteiger partial charge >= 0.3 is 0 Å². The number of benzene rings is 1. The number of pyridine rings is 1. The molecule has 1 amide bonds. The number of carbonyl (C=O) groups is 1. The Morgan fingerprint density at radius 2 is 2.00 bits per heavy atom. The molecule has 1 aromatic carbocycles. The molecule has 0 spiro atoms. The van der Waals surface area contributed by atoms with Crippen LogP contribution in [0, 0.1) is 6.92 Å². The Morgan fingerprint density at radius 1 is 1.12 bits per heavy atom. The molecule has 0 aliphatic heterocycles. The van der Waals surface area contributed by atoms with E-state index in [2.05, 4.69) is 26.4 Å². The molecule has 1 aliphatic carbocycles. The van der Waals surface area contributed by atoms with Gasteiger partial charge in [-0.2, -0.15) is 5.10 Å². The predicted molar refractivity (Wildman–Crippen MR) is 119 cm³/mol. The molecule has 4 aromatic rings. The number of aryl methyl sites for hydroxylation is 2. The summed E-state index contributed by atoms with van der Waals surface area (Å²) in [5.74, 6) is 1.06. The number of nitrogens with one attached hydrogen (secondary N) is 1. The van der Waals surface area contributed by atoms with E-state index < -0.39 is 0 Å². The molecule has 3 heterocycles. The van der Waals surface area contributed by atoms with Crippen molar-refractivity contribution in [3.05, 3.63) is 83.1 Å². The van der Waals surface area contributed by atoms with Crippen LogP contribution in [0.4, 0.5) is 0 Å². The highest BCUT2D eigenvalue weighted by Crippen LogP contribution is 2.34. The Balaban J connectivity index is 1.43. The highest BCUT2D eigenvalue weighted by molar-refractivity contribution is 5.95. The van der Waals surface area contributed by atoms with Crippen LogP contribution in [0.15, 0.2) is 55.0 Å². The van der Waals surface area contributed by atoms with Crippen molar-refractivity contribution in [2.45, 2.75) is 26.3 Å². The molecule has 8 nitrogen and oxygen atoms in total. The van der Waals surface area contributed by atoms with Gasteiger partial charge in [0.25, 0.3) is 11.9 Å². The van der Waals surface area contributed by atoms with Crippen LogP contribution in [-0.2, 0) is 19.4 Å². The molecule has 160 valence electrons. The normalized spacial score (nSPS) is 12.1. The SMILES string of the molecule is COc1ccc2c(c1)CCc1cnc(-n3ncc(C(=O)NCc4ccccn4)c3C)nc1-2. The third-order valence-electron chi connectivity index (χ3n) is 5.68. The summed E-state index contributed by atoms with van der Waals surface area (Å²) in [6.07, 6.45) is 6.89. The molecule has 32 heavy (non-hydrogen) atoms. The summed E-state index contributed by atoms with van der Waals surface area (Å²) in [7, 11) is 1.67. The Bertz CT molecular complexity index is 1300. The fourth-order valence-electron chi connectivity index (χ4n) is 3.92. The molecule has 0 saturated heterocycles. The molecule has 0 bridgehead atoms. The molecule has 0 radical (unpaired) electrons. The number of hydrogen-bond donors (Lipinski definition) is 1. The Kier molecular flexibility index (Phi) is 5.10. The number of amides is 1. The van der Waals surface area contributed by atoms with E-state index in [1.165, 1.54) is 5.56 Å². The van der Waals surface area contributed by atoms with Crippen molar-refractivity contribution in [3.63, 3.8) is 0 Å². The van der Waals surface area contributed by atoms with E-state index in [1.54, 1.807) is 24.2 Å². The zero-order valence-electron chi connectivity index (χ0n) is 17.9. The first kappa shape index (κ1) is 19.9. The van der Waals surface area contributed by atoms with Crippen molar-refractivity contribution in [3.8, 4) is 23.0 Å². The summed E-state index contributed by atoms with van der Waals surface area (Å²) < 4.78 is 6.97. The van der Waals surface area contributed by atoms with Crippen LogP contribution in [-0.4, -0.2) is 37.7 Å². The number of nitrogens with zero attached hydrogens (tertiary/aromatic N) is 5. The third-order valence-corrected chi connectivity index (χ3v) is 5.68. The Morgan fingerprint density at radius 3 is 2.81 bits per heavy atom. The Hall–Kier alpha value is -4.07. The smallest absolute Gasteiger partial charge is 0.255 e. The number of aromatic nitrogens is 5. The third kappa shape index (κ3) is 3.60. The van der Waals surface area contributed by atoms with Gasteiger partial charge in [0.1, 0.15) is 5.75 Å². The maximum Gasteiger partial charge on any atom is 0.255 e. The van der Waals surface area contributed by atoms with Gasteiger partial charge in [0.2, 0.25) is 0 Å². The topological polar surface area (TPSA) is 94.8 Å². The molecule has 0 atom stereocenters. The van der Waals surface area contributed by atoms with Gasteiger partial charge < -0.3 is 10.1 Å². The second-order valence-electron chi connectivity index (χ2n) is 7.63. The molecule has 0 unspecified atom stereocenters. The number of hydrogen-bond acceptors (Lipinski definition) is 6. The molecule has 0 fully saturated rings. The van der Waals surface area contributed by atoms with Gasteiger partial charge in [-0.25, -0.2) is 14.6 Å². The molecule has 3 aromatic heterocycles. The first-order valence-corrected chi connectivity index (χ1v) is 10.4. The van der Waals surface area contributed by atoms with E-state index in [-0.39, 0.29) is 5.91 Å². The maximum absolute atomic E-state index is 12.7. The second-order valence-corrected chi connectivity index (χ2v) is 7.63. The minimum Gasteiger partial charge on any atom is -0.497 e. The maximum atomic E-state index is 12.7. The Labute approximate surface area is 185 Å². The highest BCUT2D eigenvalue weighted by Gasteiger charge is 2.21. The van der Waals surface area contributed by atoms with Gasteiger partial charge in [-0.05, 0) is 61.2 Å². The van der Waals surface area contributed by atoms with Crippen molar-refractivity contribution < 1.29 is 9.53 Å². The largest absolute Gasteiger partial charge is 0.497 e. The molecule has 1 aliphatic rings. The first-order valence-electron chi connectivity index (χ1n) is 10.4. The van der Waals surface area contributed by atoms with Crippen LogP contribution in [0.3, 0.4) is 0 Å². The quantitative estimate of drug-likeness (QED) is 0.527. The summed E-state index contributed by atoms with van der Waals surface area (Å²) in [6.45, 7) is 2.18. The summed E-state index contributed by atoms with van der Waals surface area (Å²) in [5.41, 5.74) is 6.22. The fraction of sp³-hybridized carbons (Fsp3) is 0.208. The van der Waals surface area contributed by atoms with Crippen LogP contribution in [0.5, 0.6) is 5.75 Å². The molecule has 5 rings (SSSR count). The lowest BCUT2D eigenvalue weighted by Gasteiger charge is -2.19. The lowest BCUT2D eigenvalue weighted by molar-refractivity contribution is 0.0949. The number of methoxy groups -OCH3 is 1. The standard InChI is InChI=1S/C24H22N6O2/c1-15-21(23(31)26-13-18-5-3-4-10-25-18)14-28-30(15)24-27-12-17-7-6-16-11-19(32-2)8-9-20(16)22(17)29-24/h3-5,8-12,14H,6-7,13H2,1-2H3,(H,26,31). The van der Waals surface area contributed by atoms with Crippen molar-refractivity contribution in [1.29, 1.82) is 0 Å². The summed E-state index contributed by atoms with van der Waals surface area (Å²) in [4.78, 5) is 26.3. The predicted octanol–water partition coefficient (Wildman–Crippen LogP) is 3.07. The van der Waals surface area contributed by atoms with Crippen LogP contribution in [0.2, 0.25) is 0 Å². The lowest BCUT2D eigenvalue weighted by Crippen LogP contribution is -2.23. The first-order chi connectivity index (χ1) is 15.6. The van der Waals surface area contributed by atoms with Gasteiger partial charge in [-0.15, -0.1) is 0 Å². The molecule has 0 saturated carbocycles. The van der Waals surface area contributed by atoms with Crippen LogP contribution >= 0.6 is 0 Å².